The first-order chi connectivity index (χ1) is 28.8. The maximum atomic E-state index is 2.55. The van der Waals surface area contributed by atoms with E-state index in [-0.39, 0.29) is 0 Å². The van der Waals surface area contributed by atoms with E-state index in [0.717, 1.165) is 0 Å². The maximum Gasteiger partial charge on any atom is 0.00228 e. The lowest BCUT2D eigenvalue weighted by Gasteiger charge is -2.36. The number of benzene rings is 9. The Morgan fingerprint density at radius 1 is 0.155 bits per heavy atom. The Labute approximate surface area is 348 Å². The first kappa shape index (κ1) is 38.2. The maximum absolute atomic E-state index is 2.55. The van der Waals surface area contributed by atoms with Gasteiger partial charge in [0.1, 0.15) is 0 Å². The van der Waals surface area contributed by atoms with Crippen LogP contribution in [0, 0.1) is 0 Å². The van der Waals surface area contributed by atoms with Crippen molar-refractivity contribution < 1.29 is 0 Å². The number of rotatable bonds is 12. The molecular formula is C54H42P4. The summed E-state index contributed by atoms with van der Waals surface area (Å²) in [4.78, 5) is 0. The molecule has 9 aromatic carbocycles. The summed E-state index contributed by atoms with van der Waals surface area (Å²) in [7, 11) is -4.03. The van der Waals surface area contributed by atoms with Gasteiger partial charge in [0, 0.05) is 10.6 Å². The molecule has 0 fully saturated rings. The van der Waals surface area contributed by atoms with Gasteiger partial charge >= 0.3 is 0 Å². The molecule has 0 radical (unpaired) electrons. The minimum absolute atomic E-state index is 0.965. The Balaban J connectivity index is 1.50. The van der Waals surface area contributed by atoms with Gasteiger partial charge in [0.2, 0.25) is 0 Å². The fraction of sp³-hybridized carbons (Fsp3) is 0. The van der Waals surface area contributed by atoms with E-state index in [9.17, 15) is 0 Å². The molecule has 0 aliphatic heterocycles. The summed E-state index contributed by atoms with van der Waals surface area (Å²) >= 11 is 0. The third kappa shape index (κ3) is 8.18. The van der Waals surface area contributed by atoms with Gasteiger partial charge in [-0.25, -0.2) is 0 Å². The van der Waals surface area contributed by atoms with Crippen LogP contribution in [0.2, 0.25) is 0 Å². The summed E-state index contributed by atoms with van der Waals surface area (Å²) in [5.74, 6) is 0. The van der Waals surface area contributed by atoms with E-state index in [1.165, 1.54) is 63.7 Å². The second-order valence-electron chi connectivity index (χ2n) is 13.8. The average molecular weight is 815 g/mol. The van der Waals surface area contributed by atoms with Crippen molar-refractivity contribution in [2.24, 2.45) is 0 Å². The molecule has 0 spiro atoms. The molecular weight excluding hydrogens is 772 g/mol. The lowest BCUT2D eigenvalue weighted by atomic mass is 10.3. The van der Waals surface area contributed by atoms with E-state index in [4.69, 9.17) is 0 Å². The van der Waals surface area contributed by atoms with Crippen LogP contribution in [0.15, 0.2) is 255 Å². The minimum atomic E-state index is -1.05. The Bertz CT molecular complexity index is 2300. The largest absolute Gasteiger partial charge is 0.0622 e. The van der Waals surface area contributed by atoms with Gasteiger partial charge in [0.05, 0.1) is 0 Å². The topological polar surface area (TPSA) is 0 Å². The Morgan fingerprint density at radius 3 is 0.483 bits per heavy atom. The number of hydrogen-bond acceptors (Lipinski definition) is 0. The molecule has 278 valence electrons. The van der Waals surface area contributed by atoms with Gasteiger partial charge in [-0.15, -0.1) is 0 Å². The van der Waals surface area contributed by atoms with Gasteiger partial charge in [0.15, 0.2) is 0 Å². The molecule has 0 atom stereocenters. The fourth-order valence-electron chi connectivity index (χ4n) is 7.65. The molecule has 58 heavy (non-hydrogen) atoms. The minimum Gasteiger partial charge on any atom is -0.0622 e. The second-order valence-corrected chi connectivity index (χ2v) is 22.5. The van der Waals surface area contributed by atoms with Gasteiger partial charge in [-0.1, -0.05) is 255 Å². The van der Waals surface area contributed by atoms with Gasteiger partial charge in [-0.2, -0.15) is 0 Å². The molecule has 9 aromatic rings. The summed E-state index contributed by atoms with van der Waals surface area (Å²) in [5, 5.41) is 16.7. The van der Waals surface area contributed by atoms with Crippen molar-refractivity contribution in [2.75, 3.05) is 0 Å². The Morgan fingerprint density at radius 2 is 0.310 bits per heavy atom. The first-order valence-corrected chi connectivity index (χ1v) is 25.0. The van der Waals surface area contributed by atoms with Gasteiger partial charge in [0.25, 0.3) is 0 Å². The van der Waals surface area contributed by atoms with Crippen LogP contribution in [-0.2, 0) is 0 Å². The molecule has 0 saturated carbocycles. The first-order valence-electron chi connectivity index (χ1n) is 19.6. The zero-order valence-electron chi connectivity index (χ0n) is 32.0. The van der Waals surface area contributed by atoms with Crippen molar-refractivity contribution in [2.45, 2.75) is 0 Å². The second kappa shape index (κ2) is 18.5. The molecule has 0 bridgehead atoms. The normalized spacial score (nSPS) is 11.4. The Kier molecular flexibility index (Phi) is 12.2. The smallest absolute Gasteiger partial charge is 0.00228 e. The molecule has 0 aliphatic carbocycles. The average Bonchev–Trinajstić information content (AvgIpc) is 3.31. The molecule has 9 rings (SSSR count). The van der Waals surface area contributed by atoms with Crippen LogP contribution in [0.4, 0.5) is 0 Å². The highest BCUT2D eigenvalue weighted by molar-refractivity contribution is 7.90. The highest BCUT2D eigenvalue weighted by Gasteiger charge is 2.36. The lowest BCUT2D eigenvalue weighted by molar-refractivity contribution is 1.74. The van der Waals surface area contributed by atoms with Crippen molar-refractivity contribution in [1.29, 1.82) is 0 Å². The molecule has 0 heterocycles. The lowest BCUT2D eigenvalue weighted by Crippen LogP contribution is -2.50. The van der Waals surface area contributed by atoms with Crippen molar-refractivity contribution in [3.8, 4) is 0 Å². The quantitative estimate of drug-likeness (QED) is 0.108. The zero-order valence-corrected chi connectivity index (χ0v) is 35.6. The van der Waals surface area contributed by atoms with E-state index in [0.29, 0.717) is 0 Å². The van der Waals surface area contributed by atoms with Crippen LogP contribution in [-0.4, -0.2) is 0 Å². The molecule has 0 N–H and O–H groups in total. The summed E-state index contributed by atoms with van der Waals surface area (Å²) in [5.41, 5.74) is 0. The predicted octanol–water partition coefficient (Wildman–Crippen LogP) is 8.72. The van der Waals surface area contributed by atoms with Crippen molar-refractivity contribution in [3.05, 3.63) is 255 Å². The van der Waals surface area contributed by atoms with E-state index in [1.54, 1.807) is 0 Å². The summed E-state index contributed by atoms with van der Waals surface area (Å²) in [6.07, 6.45) is 0. The highest BCUT2D eigenvalue weighted by Crippen LogP contribution is 2.45. The monoisotopic (exact) mass is 814 g/mol. The van der Waals surface area contributed by atoms with Crippen LogP contribution in [0.1, 0.15) is 0 Å². The van der Waals surface area contributed by atoms with Crippen molar-refractivity contribution in [1.82, 2.24) is 0 Å². The van der Waals surface area contributed by atoms with E-state index < -0.39 is 31.7 Å². The molecule has 4 heteroatoms. The molecule has 0 nitrogen and oxygen atoms in total. The number of hydrogen-bond donors (Lipinski definition) is 0. The van der Waals surface area contributed by atoms with E-state index in [1.807, 2.05) is 0 Å². The van der Waals surface area contributed by atoms with Gasteiger partial charge in [-0.3, -0.25) is 0 Å². The van der Waals surface area contributed by atoms with Crippen LogP contribution < -0.4 is 63.7 Å². The highest BCUT2D eigenvalue weighted by atomic mass is 31.1. The van der Waals surface area contributed by atoms with Gasteiger partial charge < -0.3 is 0 Å². The van der Waals surface area contributed by atoms with E-state index >= 15 is 0 Å². The molecule has 0 aliphatic rings. The molecule has 0 saturated heterocycles. The third-order valence-electron chi connectivity index (χ3n) is 10.2. The molecule has 0 aromatic heterocycles. The van der Waals surface area contributed by atoms with Crippen molar-refractivity contribution >= 4 is 95.3 Å². The standard InChI is InChI=1S/C54H42P4/c1-9-25-43(26-10-1)55(44-27-11-2-12-28-44)51-41-42-52(56(45-29-13-3-14-30-45)46-31-15-4-16-32-46)54(58(49-37-21-7-22-38-49)50-39-23-8-24-40-50)53(51)57(47-33-17-5-18-34-47)48-35-19-6-20-36-48/h1-42H. The third-order valence-corrected chi connectivity index (χ3v) is 20.7. The van der Waals surface area contributed by atoms with Crippen LogP contribution in [0.3, 0.4) is 0 Å². The summed E-state index contributed by atoms with van der Waals surface area (Å²) in [6, 6.07) is 95.6. The SMILES string of the molecule is c1ccc(P(c2ccccc2)c2ccc(P(c3ccccc3)c3ccccc3)c(P(c3ccccc3)c3ccccc3)c2P(c2ccccc2)c2ccccc2)cc1. The van der Waals surface area contributed by atoms with E-state index in [2.05, 4.69) is 255 Å². The summed E-state index contributed by atoms with van der Waals surface area (Å²) in [6.45, 7) is 0. The van der Waals surface area contributed by atoms with Crippen LogP contribution in [0.25, 0.3) is 0 Å². The van der Waals surface area contributed by atoms with Gasteiger partial charge in [-0.05, 0) is 84.7 Å². The molecule has 0 unspecified atom stereocenters. The predicted molar refractivity (Wildman–Crippen MR) is 261 cm³/mol. The van der Waals surface area contributed by atoms with Crippen LogP contribution in [0.5, 0.6) is 0 Å². The molecule has 0 amide bonds. The Hall–Kier alpha value is -5.30. The zero-order chi connectivity index (χ0) is 38.9. The van der Waals surface area contributed by atoms with Crippen LogP contribution >= 0.6 is 31.7 Å². The van der Waals surface area contributed by atoms with Crippen molar-refractivity contribution in [3.63, 3.8) is 0 Å². The fourth-order valence-corrected chi connectivity index (χ4v) is 19.1. The summed E-state index contributed by atoms with van der Waals surface area (Å²) < 4.78 is 0.